The molecule has 1 fully saturated rings. The van der Waals surface area contributed by atoms with E-state index in [-0.39, 0.29) is 42.5 Å². The predicted molar refractivity (Wildman–Crippen MR) is 93.5 cm³/mol. The van der Waals surface area contributed by atoms with Gasteiger partial charge in [0.15, 0.2) is 21.3 Å². The maximum atomic E-state index is 12.2. The molecule has 0 aromatic heterocycles. The van der Waals surface area contributed by atoms with Crippen LogP contribution in [-0.4, -0.2) is 32.1 Å². The molecule has 1 aliphatic carbocycles. The summed E-state index contributed by atoms with van der Waals surface area (Å²) in [5.74, 6) is 0.531. The Balaban J connectivity index is 0.00000208. The van der Waals surface area contributed by atoms with E-state index in [2.05, 4.69) is 5.32 Å². The molecule has 0 unspecified atom stereocenters. The Morgan fingerprint density at radius 1 is 1.21 bits per heavy atom. The standard InChI is InChI=1S/C15H20N2O5S.ClH/c16-11-7-13-14(22-9-21-13)8-12(11)17-15(18)5-6-23(19,20)10-3-1-2-4-10;/h7-8,10H,1-6,9,16H2,(H,17,18);1H. The average Bonchev–Trinajstić information content (AvgIpc) is 3.16. The molecule has 24 heavy (non-hydrogen) atoms. The molecule has 0 atom stereocenters. The van der Waals surface area contributed by atoms with Gasteiger partial charge in [0.25, 0.3) is 0 Å². The second-order valence-corrected chi connectivity index (χ2v) is 8.26. The molecule has 9 heteroatoms. The summed E-state index contributed by atoms with van der Waals surface area (Å²) in [6, 6.07) is 3.16. The zero-order valence-corrected chi connectivity index (χ0v) is 14.7. The summed E-state index contributed by atoms with van der Waals surface area (Å²) in [6.45, 7) is 0.117. The van der Waals surface area contributed by atoms with Crippen LogP contribution in [0.3, 0.4) is 0 Å². The molecule has 134 valence electrons. The minimum Gasteiger partial charge on any atom is -0.454 e. The van der Waals surface area contributed by atoms with E-state index in [9.17, 15) is 13.2 Å². The number of amides is 1. The average molecular weight is 377 g/mol. The first-order chi connectivity index (χ1) is 11.0. The van der Waals surface area contributed by atoms with Gasteiger partial charge in [-0.2, -0.15) is 0 Å². The van der Waals surface area contributed by atoms with Crippen molar-refractivity contribution in [3.63, 3.8) is 0 Å². The molecule has 1 aliphatic heterocycles. The zero-order valence-electron chi connectivity index (χ0n) is 13.1. The molecule has 1 amide bonds. The number of anilines is 2. The van der Waals surface area contributed by atoms with E-state index in [4.69, 9.17) is 15.2 Å². The molecule has 1 aromatic rings. The van der Waals surface area contributed by atoms with Crippen LogP contribution in [0, 0.1) is 0 Å². The third kappa shape index (κ3) is 4.05. The largest absolute Gasteiger partial charge is 0.454 e. The van der Waals surface area contributed by atoms with E-state index >= 15 is 0 Å². The lowest BCUT2D eigenvalue weighted by Crippen LogP contribution is -2.24. The molecular weight excluding hydrogens is 356 g/mol. The van der Waals surface area contributed by atoms with Gasteiger partial charge in [0.05, 0.1) is 22.4 Å². The molecule has 0 saturated heterocycles. The summed E-state index contributed by atoms with van der Waals surface area (Å²) in [4.78, 5) is 12.0. The number of carbonyl (C=O) groups is 1. The van der Waals surface area contributed by atoms with Gasteiger partial charge >= 0.3 is 0 Å². The Labute approximate surface area is 147 Å². The molecule has 1 heterocycles. The summed E-state index contributed by atoms with van der Waals surface area (Å²) >= 11 is 0. The first-order valence-electron chi connectivity index (χ1n) is 7.66. The fourth-order valence-corrected chi connectivity index (χ4v) is 4.78. The van der Waals surface area contributed by atoms with Gasteiger partial charge in [-0.1, -0.05) is 12.8 Å². The van der Waals surface area contributed by atoms with Crippen molar-refractivity contribution >= 4 is 39.5 Å². The first-order valence-corrected chi connectivity index (χ1v) is 9.38. The second kappa shape index (κ2) is 7.48. The van der Waals surface area contributed by atoms with Gasteiger partial charge in [0.2, 0.25) is 12.7 Å². The van der Waals surface area contributed by atoms with Crippen molar-refractivity contribution in [2.24, 2.45) is 0 Å². The van der Waals surface area contributed by atoms with Crippen molar-refractivity contribution in [1.82, 2.24) is 0 Å². The maximum Gasteiger partial charge on any atom is 0.231 e. The van der Waals surface area contributed by atoms with E-state index in [1.165, 1.54) is 0 Å². The molecule has 7 nitrogen and oxygen atoms in total. The summed E-state index contributed by atoms with van der Waals surface area (Å²) in [5.41, 5.74) is 6.60. The molecule has 1 aromatic carbocycles. The Morgan fingerprint density at radius 3 is 2.50 bits per heavy atom. The number of carbonyl (C=O) groups excluding carboxylic acids is 1. The molecule has 0 spiro atoms. The van der Waals surface area contributed by atoms with Crippen LogP contribution in [-0.2, 0) is 14.6 Å². The summed E-state index contributed by atoms with van der Waals surface area (Å²) in [5, 5.41) is 2.35. The van der Waals surface area contributed by atoms with Gasteiger partial charge in [-0.3, -0.25) is 4.79 Å². The van der Waals surface area contributed by atoms with Gasteiger partial charge in [-0.15, -0.1) is 12.4 Å². The van der Waals surface area contributed by atoms with Crippen molar-refractivity contribution in [3.05, 3.63) is 12.1 Å². The fraction of sp³-hybridized carbons (Fsp3) is 0.533. The SMILES string of the molecule is Cl.Nc1cc2c(cc1NC(=O)CCS(=O)(=O)C1CCCC1)OCO2. The lowest BCUT2D eigenvalue weighted by Gasteiger charge is -2.12. The zero-order chi connectivity index (χ0) is 16.4. The van der Waals surface area contributed by atoms with Crippen LogP contribution in [0.5, 0.6) is 11.5 Å². The molecule has 0 radical (unpaired) electrons. The Kier molecular flexibility index (Phi) is 5.82. The third-order valence-electron chi connectivity index (χ3n) is 4.24. The topological polar surface area (TPSA) is 108 Å². The van der Waals surface area contributed by atoms with E-state index in [1.54, 1.807) is 12.1 Å². The number of hydrogen-bond acceptors (Lipinski definition) is 6. The van der Waals surface area contributed by atoms with Crippen LogP contribution in [0.2, 0.25) is 0 Å². The number of ether oxygens (including phenoxy) is 2. The first kappa shape index (κ1) is 18.7. The van der Waals surface area contributed by atoms with E-state index < -0.39 is 9.84 Å². The van der Waals surface area contributed by atoms with E-state index in [0.717, 1.165) is 12.8 Å². The summed E-state index contributed by atoms with van der Waals surface area (Å²) in [6.07, 6.45) is 3.23. The number of halogens is 1. The highest BCUT2D eigenvalue weighted by molar-refractivity contribution is 7.92. The van der Waals surface area contributed by atoms with Gasteiger partial charge in [-0.25, -0.2) is 8.42 Å². The monoisotopic (exact) mass is 376 g/mol. The number of hydrogen-bond donors (Lipinski definition) is 2. The van der Waals surface area contributed by atoms with Crippen molar-refractivity contribution in [1.29, 1.82) is 0 Å². The van der Waals surface area contributed by atoms with Crippen LogP contribution in [0.15, 0.2) is 12.1 Å². The Bertz CT molecular complexity index is 717. The van der Waals surface area contributed by atoms with Crippen LogP contribution >= 0.6 is 12.4 Å². The van der Waals surface area contributed by atoms with Gasteiger partial charge in [0, 0.05) is 18.6 Å². The minimum atomic E-state index is -3.20. The summed E-state index contributed by atoms with van der Waals surface area (Å²) < 4.78 is 34.8. The van der Waals surface area contributed by atoms with Crippen molar-refractivity contribution in [3.8, 4) is 11.5 Å². The molecule has 3 N–H and O–H groups in total. The van der Waals surface area contributed by atoms with Crippen LogP contribution < -0.4 is 20.5 Å². The van der Waals surface area contributed by atoms with Crippen molar-refractivity contribution in [2.45, 2.75) is 37.4 Å². The molecule has 0 bridgehead atoms. The quantitative estimate of drug-likeness (QED) is 0.762. The molecule has 1 saturated carbocycles. The van der Waals surface area contributed by atoms with E-state index in [1.807, 2.05) is 0 Å². The van der Waals surface area contributed by atoms with Gasteiger partial charge in [0.1, 0.15) is 0 Å². The number of rotatable bonds is 5. The van der Waals surface area contributed by atoms with Crippen molar-refractivity contribution < 1.29 is 22.7 Å². The molecule has 3 rings (SSSR count). The van der Waals surface area contributed by atoms with Crippen LogP contribution in [0.4, 0.5) is 11.4 Å². The lowest BCUT2D eigenvalue weighted by atomic mass is 10.2. The number of nitrogen functional groups attached to an aromatic ring is 1. The van der Waals surface area contributed by atoms with Crippen molar-refractivity contribution in [2.75, 3.05) is 23.6 Å². The minimum absolute atomic E-state index is 0. The van der Waals surface area contributed by atoms with Gasteiger partial charge < -0.3 is 20.5 Å². The molecule has 2 aliphatic rings. The number of sulfone groups is 1. The smallest absolute Gasteiger partial charge is 0.231 e. The Hall–Kier alpha value is -1.67. The maximum absolute atomic E-state index is 12.2. The highest BCUT2D eigenvalue weighted by Crippen LogP contribution is 2.38. The number of nitrogens with two attached hydrogens (primary N) is 1. The number of benzene rings is 1. The highest BCUT2D eigenvalue weighted by Gasteiger charge is 2.29. The fourth-order valence-electron chi connectivity index (χ4n) is 2.93. The van der Waals surface area contributed by atoms with Crippen LogP contribution in [0.25, 0.3) is 0 Å². The van der Waals surface area contributed by atoms with Crippen LogP contribution in [0.1, 0.15) is 32.1 Å². The second-order valence-electron chi connectivity index (χ2n) is 5.86. The predicted octanol–water partition coefficient (Wildman–Crippen LogP) is 2.11. The molecular formula is C15H21ClN2O5S. The number of nitrogens with one attached hydrogen (secondary N) is 1. The number of fused-ring (bicyclic) bond motifs is 1. The normalized spacial score (nSPS) is 16.7. The van der Waals surface area contributed by atoms with Gasteiger partial charge in [-0.05, 0) is 12.8 Å². The third-order valence-corrected chi connectivity index (χ3v) is 6.50. The highest BCUT2D eigenvalue weighted by atomic mass is 35.5. The Morgan fingerprint density at radius 2 is 1.83 bits per heavy atom. The summed E-state index contributed by atoms with van der Waals surface area (Å²) in [7, 11) is -3.20. The lowest BCUT2D eigenvalue weighted by molar-refractivity contribution is -0.115. The van der Waals surface area contributed by atoms with E-state index in [0.29, 0.717) is 35.7 Å².